The summed E-state index contributed by atoms with van der Waals surface area (Å²) in [5.74, 6) is -1.61. The molecule has 0 saturated heterocycles. The second-order valence-electron chi connectivity index (χ2n) is 5.60. The fraction of sp³-hybridized carbons (Fsp3) is 0.526. The molecule has 1 atom stereocenters. The lowest BCUT2D eigenvalue weighted by atomic mass is 9.83. The third-order valence-corrected chi connectivity index (χ3v) is 4.18. The Kier molecular flexibility index (Phi) is 7.52. The maximum atomic E-state index is 12.7. The number of methoxy groups -OCH3 is 1. The number of hydrogen-bond acceptors (Lipinski definition) is 2. The first kappa shape index (κ1) is 20.3. The van der Waals surface area contributed by atoms with E-state index in [4.69, 9.17) is 4.74 Å². The number of benzene rings is 1. The number of allylic oxidation sites excluding steroid dienone is 2. The van der Waals surface area contributed by atoms with E-state index in [-0.39, 0.29) is 25.2 Å². The molecule has 5 heteroatoms. The average Bonchev–Trinajstić information content (AvgIpc) is 2.57. The summed E-state index contributed by atoms with van der Waals surface area (Å²) in [7, 11) is 1.33. The highest BCUT2D eigenvalue weighted by Crippen LogP contribution is 2.40. The fourth-order valence-corrected chi connectivity index (χ4v) is 2.83. The minimum absolute atomic E-state index is 0.00440. The van der Waals surface area contributed by atoms with Gasteiger partial charge in [0.15, 0.2) is 0 Å². The quantitative estimate of drug-likeness (QED) is 0.680. The van der Waals surface area contributed by atoms with Crippen molar-refractivity contribution in [1.82, 2.24) is 0 Å². The Hall–Kier alpha value is -1.78. The molecule has 1 aromatic carbocycles. The van der Waals surface area contributed by atoms with Crippen molar-refractivity contribution in [2.75, 3.05) is 7.11 Å². The Balaban J connectivity index is 0.00000139. The van der Waals surface area contributed by atoms with E-state index in [0.717, 1.165) is 22.3 Å². The van der Waals surface area contributed by atoms with Gasteiger partial charge in [0, 0.05) is 0 Å². The summed E-state index contributed by atoms with van der Waals surface area (Å²) < 4.78 is 42.9. The highest BCUT2D eigenvalue weighted by molar-refractivity contribution is 5.78. The van der Waals surface area contributed by atoms with Gasteiger partial charge in [-0.2, -0.15) is 13.2 Å². The number of hydrogen-bond donors (Lipinski definition) is 0. The summed E-state index contributed by atoms with van der Waals surface area (Å²) in [5, 5.41) is 0. The molecule has 24 heavy (non-hydrogen) atoms. The van der Waals surface area contributed by atoms with Crippen LogP contribution in [0.1, 0.15) is 49.8 Å². The lowest BCUT2D eigenvalue weighted by Gasteiger charge is -2.25. The Labute approximate surface area is 141 Å². The number of ether oxygens (including phenoxy) is 1. The fourth-order valence-electron chi connectivity index (χ4n) is 2.83. The lowest BCUT2D eigenvalue weighted by molar-refractivity contribution is -0.175. The van der Waals surface area contributed by atoms with Crippen LogP contribution in [0, 0.1) is 12.8 Å². The number of halogens is 3. The van der Waals surface area contributed by atoms with Crippen LogP contribution in [0.15, 0.2) is 24.3 Å². The van der Waals surface area contributed by atoms with Crippen molar-refractivity contribution in [3.63, 3.8) is 0 Å². The van der Waals surface area contributed by atoms with E-state index < -0.39 is 12.1 Å². The van der Waals surface area contributed by atoms with Gasteiger partial charge in [-0.05, 0) is 48.4 Å². The van der Waals surface area contributed by atoms with Crippen molar-refractivity contribution in [3.05, 3.63) is 41.0 Å². The van der Waals surface area contributed by atoms with Gasteiger partial charge in [0.2, 0.25) is 0 Å². The van der Waals surface area contributed by atoms with Crippen molar-refractivity contribution in [1.29, 1.82) is 0 Å². The Morgan fingerprint density at radius 2 is 1.96 bits per heavy atom. The second kappa shape index (κ2) is 8.90. The average molecular weight is 342 g/mol. The zero-order valence-corrected chi connectivity index (χ0v) is 14.7. The number of carbonyl (C=O) groups is 1. The molecule has 1 aliphatic carbocycles. The van der Waals surface area contributed by atoms with Crippen LogP contribution in [0.3, 0.4) is 0 Å². The number of aryl methyl sites for hydroxylation is 1. The molecule has 1 aliphatic rings. The molecule has 0 radical (unpaired) electrons. The molecule has 2 nitrogen and oxygen atoms in total. The summed E-state index contributed by atoms with van der Waals surface area (Å²) in [5.41, 5.74) is 3.54. The highest BCUT2D eigenvalue weighted by atomic mass is 19.4. The van der Waals surface area contributed by atoms with E-state index in [1.54, 1.807) is 6.08 Å². The largest absolute Gasteiger partial charge is 0.469 e. The minimum Gasteiger partial charge on any atom is -0.469 e. The van der Waals surface area contributed by atoms with Crippen LogP contribution in [0.25, 0.3) is 5.57 Å². The summed E-state index contributed by atoms with van der Waals surface area (Å²) >= 11 is 0. The molecular formula is C19H25F3O2. The molecule has 0 fully saturated rings. The van der Waals surface area contributed by atoms with Crippen LogP contribution < -0.4 is 0 Å². The summed E-state index contributed by atoms with van der Waals surface area (Å²) in [4.78, 5) is 11.6. The van der Waals surface area contributed by atoms with Crippen LogP contribution in [-0.4, -0.2) is 19.3 Å². The van der Waals surface area contributed by atoms with E-state index in [2.05, 4.69) is 0 Å². The monoisotopic (exact) mass is 342 g/mol. The molecule has 0 amide bonds. The molecule has 2 rings (SSSR count). The highest BCUT2D eigenvalue weighted by Gasteiger charge is 2.39. The van der Waals surface area contributed by atoms with E-state index in [0.29, 0.717) is 6.42 Å². The normalized spacial score (nSPS) is 17.5. The molecule has 134 valence electrons. The Morgan fingerprint density at radius 3 is 2.46 bits per heavy atom. The third kappa shape index (κ3) is 5.11. The SMILES string of the molecule is CC.COC(=O)Cc1c(C)cccc1C1=CCC(C(F)(F)F)CC1. The number of rotatable bonds is 3. The predicted molar refractivity (Wildman–Crippen MR) is 89.6 cm³/mol. The van der Waals surface area contributed by atoms with Gasteiger partial charge in [-0.15, -0.1) is 0 Å². The maximum Gasteiger partial charge on any atom is 0.392 e. The Bertz CT molecular complexity index is 589. The van der Waals surface area contributed by atoms with Crippen LogP contribution in [0.5, 0.6) is 0 Å². The Morgan fingerprint density at radius 1 is 1.29 bits per heavy atom. The van der Waals surface area contributed by atoms with Gasteiger partial charge >= 0.3 is 12.1 Å². The van der Waals surface area contributed by atoms with Crippen LogP contribution in [0.4, 0.5) is 13.2 Å². The lowest BCUT2D eigenvalue weighted by Crippen LogP contribution is -2.24. The van der Waals surface area contributed by atoms with Gasteiger partial charge in [-0.3, -0.25) is 4.79 Å². The van der Waals surface area contributed by atoms with E-state index >= 15 is 0 Å². The van der Waals surface area contributed by atoms with Gasteiger partial charge in [0.25, 0.3) is 0 Å². The first-order chi connectivity index (χ1) is 11.3. The van der Waals surface area contributed by atoms with Crippen molar-refractivity contribution in [2.45, 2.75) is 52.6 Å². The summed E-state index contributed by atoms with van der Waals surface area (Å²) in [6, 6.07) is 5.62. The van der Waals surface area contributed by atoms with Crippen molar-refractivity contribution in [3.8, 4) is 0 Å². The van der Waals surface area contributed by atoms with Crippen molar-refractivity contribution < 1.29 is 22.7 Å². The second-order valence-corrected chi connectivity index (χ2v) is 5.60. The summed E-state index contributed by atoms with van der Waals surface area (Å²) in [6.07, 6.45) is -1.85. The van der Waals surface area contributed by atoms with E-state index in [9.17, 15) is 18.0 Å². The number of carbonyl (C=O) groups excluding carboxylic acids is 1. The van der Waals surface area contributed by atoms with Gasteiger partial charge in [-0.1, -0.05) is 38.1 Å². The molecule has 0 aromatic heterocycles. The van der Waals surface area contributed by atoms with Crippen molar-refractivity contribution >= 4 is 11.5 Å². The van der Waals surface area contributed by atoms with Crippen LogP contribution in [0.2, 0.25) is 0 Å². The molecule has 0 spiro atoms. The molecule has 0 bridgehead atoms. The zero-order chi connectivity index (χ0) is 18.3. The first-order valence-corrected chi connectivity index (χ1v) is 8.24. The first-order valence-electron chi connectivity index (χ1n) is 8.24. The maximum absolute atomic E-state index is 12.7. The van der Waals surface area contributed by atoms with E-state index in [1.165, 1.54) is 7.11 Å². The molecule has 1 aromatic rings. The zero-order valence-electron chi connectivity index (χ0n) is 14.7. The molecule has 1 unspecified atom stereocenters. The smallest absolute Gasteiger partial charge is 0.392 e. The van der Waals surface area contributed by atoms with Crippen LogP contribution in [-0.2, 0) is 16.0 Å². The van der Waals surface area contributed by atoms with Gasteiger partial charge in [-0.25, -0.2) is 0 Å². The number of esters is 1. The van der Waals surface area contributed by atoms with Crippen LogP contribution >= 0.6 is 0 Å². The van der Waals surface area contributed by atoms with E-state index in [1.807, 2.05) is 39.0 Å². The minimum atomic E-state index is -4.14. The molecule has 0 heterocycles. The van der Waals surface area contributed by atoms with Crippen molar-refractivity contribution in [2.24, 2.45) is 5.92 Å². The molecule has 0 N–H and O–H groups in total. The molecule has 0 aliphatic heterocycles. The number of alkyl halides is 3. The summed E-state index contributed by atoms with van der Waals surface area (Å²) in [6.45, 7) is 5.89. The standard InChI is InChI=1S/C17H19F3O2.C2H6/c1-11-4-3-5-14(15(11)10-16(21)22-2)12-6-8-13(9-7-12)17(18,19)20;1-2/h3-6,13H,7-10H2,1-2H3;1-2H3. The van der Waals surface area contributed by atoms with Gasteiger partial charge in [0.1, 0.15) is 0 Å². The molecular weight excluding hydrogens is 317 g/mol. The predicted octanol–water partition coefficient (Wildman–Crippen LogP) is 5.48. The topological polar surface area (TPSA) is 26.3 Å². The molecule has 0 saturated carbocycles. The third-order valence-electron chi connectivity index (χ3n) is 4.18. The van der Waals surface area contributed by atoms with Gasteiger partial charge in [0.05, 0.1) is 19.4 Å². The van der Waals surface area contributed by atoms with Gasteiger partial charge < -0.3 is 4.74 Å².